The van der Waals surface area contributed by atoms with Crippen molar-refractivity contribution in [3.8, 4) is 0 Å². The third-order valence-corrected chi connectivity index (χ3v) is 4.79. The van der Waals surface area contributed by atoms with E-state index in [0.717, 1.165) is 45.1 Å². The van der Waals surface area contributed by atoms with Crippen molar-refractivity contribution in [1.82, 2.24) is 9.97 Å². The summed E-state index contributed by atoms with van der Waals surface area (Å²) in [5.41, 5.74) is 13.0. The van der Waals surface area contributed by atoms with Gasteiger partial charge in [0.25, 0.3) is 0 Å². The summed E-state index contributed by atoms with van der Waals surface area (Å²) < 4.78 is 14.3. The molecule has 28 heavy (non-hydrogen) atoms. The molecule has 4 nitrogen and oxygen atoms in total. The molecule has 0 spiro atoms. The number of aromatic nitrogens is 2. The summed E-state index contributed by atoms with van der Waals surface area (Å²) in [5.74, 6) is -0.309. The number of nitrogens with one attached hydrogen (secondary N) is 1. The SMILES string of the molecule is CC1=C(C(C)N)C(c2ccccn2)=C(c2ccccn2)c2cc(F)ccc2N1. The second-order valence-electron chi connectivity index (χ2n) is 6.82. The topological polar surface area (TPSA) is 63.8 Å². The van der Waals surface area contributed by atoms with Gasteiger partial charge in [0.2, 0.25) is 0 Å². The third kappa shape index (κ3) is 3.21. The fourth-order valence-corrected chi connectivity index (χ4v) is 3.68. The average Bonchev–Trinajstić information content (AvgIpc) is 2.83. The van der Waals surface area contributed by atoms with Gasteiger partial charge in [-0.25, -0.2) is 4.39 Å². The summed E-state index contributed by atoms with van der Waals surface area (Å²) in [7, 11) is 0. The Labute approximate surface area is 163 Å². The van der Waals surface area contributed by atoms with Gasteiger partial charge in [0.1, 0.15) is 5.82 Å². The van der Waals surface area contributed by atoms with Crippen molar-refractivity contribution in [2.45, 2.75) is 19.9 Å². The summed E-state index contributed by atoms with van der Waals surface area (Å²) in [6, 6.07) is 15.9. The van der Waals surface area contributed by atoms with E-state index in [0.29, 0.717) is 0 Å². The number of nitrogens with two attached hydrogens (primary N) is 1. The minimum absolute atomic E-state index is 0.262. The van der Waals surface area contributed by atoms with Crippen molar-refractivity contribution in [3.05, 3.63) is 101 Å². The number of nitrogens with zero attached hydrogens (tertiary/aromatic N) is 2. The number of halogens is 1. The summed E-state index contributed by atoms with van der Waals surface area (Å²) in [6.07, 6.45) is 3.48. The summed E-state index contributed by atoms with van der Waals surface area (Å²) >= 11 is 0. The predicted molar refractivity (Wildman–Crippen MR) is 111 cm³/mol. The lowest BCUT2D eigenvalue weighted by Crippen LogP contribution is -2.22. The largest absolute Gasteiger partial charge is 0.358 e. The van der Waals surface area contributed by atoms with Crippen LogP contribution in [0.1, 0.15) is 30.8 Å². The molecule has 1 atom stereocenters. The molecule has 3 aromatic rings. The van der Waals surface area contributed by atoms with Gasteiger partial charge in [0.15, 0.2) is 0 Å². The second kappa shape index (κ2) is 7.37. The molecule has 0 saturated carbocycles. The van der Waals surface area contributed by atoms with Crippen LogP contribution in [0.3, 0.4) is 0 Å². The number of hydrogen-bond donors (Lipinski definition) is 2. The number of allylic oxidation sites excluding steroid dienone is 1. The van der Waals surface area contributed by atoms with E-state index in [1.54, 1.807) is 18.5 Å². The van der Waals surface area contributed by atoms with E-state index in [9.17, 15) is 4.39 Å². The molecule has 4 rings (SSSR count). The number of fused-ring (bicyclic) bond motifs is 1. The molecule has 1 aromatic carbocycles. The number of pyridine rings is 2. The van der Waals surface area contributed by atoms with Crippen LogP contribution in [0, 0.1) is 5.82 Å². The Morgan fingerprint density at radius 2 is 1.57 bits per heavy atom. The van der Waals surface area contributed by atoms with Gasteiger partial charge >= 0.3 is 0 Å². The van der Waals surface area contributed by atoms with E-state index in [1.165, 1.54) is 12.1 Å². The van der Waals surface area contributed by atoms with Crippen molar-refractivity contribution < 1.29 is 4.39 Å². The molecule has 3 N–H and O–H groups in total. The van der Waals surface area contributed by atoms with Crippen molar-refractivity contribution in [3.63, 3.8) is 0 Å². The van der Waals surface area contributed by atoms with Crippen LogP contribution < -0.4 is 11.1 Å². The maximum atomic E-state index is 14.3. The molecular formula is C23H21FN4. The van der Waals surface area contributed by atoms with E-state index in [4.69, 9.17) is 5.73 Å². The molecule has 0 fully saturated rings. The van der Waals surface area contributed by atoms with Gasteiger partial charge in [0.05, 0.1) is 11.4 Å². The molecule has 0 radical (unpaired) electrons. The van der Waals surface area contributed by atoms with Gasteiger partial charge in [-0.05, 0) is 61.9 Å². The lowest BCUT2D eigenvalue weighted by Gasteiger charge is -2.20. The Balaban J connectivity index is 2.18. The Morgan fingerprint density at radius 3 is 2.14 bits per heavy atom. The van der Waals surface area contributed by atoms with Gasteiger partial charge in [-0.2, -0.15) is 0 Å². The smallest absolute Gasteiger partial charge is 0.123 e. The molecule has 0 bridgehead atoms. The third-order valence-electron chi connectivity index (χ3n) is 4.79. The van der Waals surface area contributed by atoms with Gasteiger partial charge in [-0.3, -0.25) is 9.97 Å². The number of hydrogen-bond acceptors (Lipinski definition) is 4. The van der Waals surface area contributed by atoms with Gasteiger partial charge in [-0.15, -0.1) is 0 Å². The van der Waals surface area contributed by atoms with Gasteiger partial charge < -0.3 is 11.1 Å². The van der Waals surface area contributed by atoms with Crippen molar-refractivity contribution in [2.75, 3.05) is 5.32 Å². The highest BCUT2D eigenvalue weighted by Crippen LogP contribution is 2.42. The van der Waals surface area contributed by atoms with Crippen molar-refractivity contribution in [1.29, 1.82) is 0 Å². The number of anilines is 1. The monoisotopic (exact) mass is 372 g/mol. The molecule has 5 heteroatoms. The maximum absolute atomic E-state index is 14.3. The zero-order valence-electron chi connectivity index (χ0n) is 15.8. The Morgan fingerprint density at radius 1 is 0.929 bits per heavy atom. The Hall–Kier alpha value is -3.31. The predicted octanol–water partition coefficient (Wildman–Crippen LogP) is 4.62. The Bertz CT molecular complexity index is 1070. The molecule has 0 saturated heterocycles. The highest BCUT2D eigenvalue weighted by molar-refractivity contribution is 6.07. The van der Waals surface area contributed by atoms with Crippen LogP contribution in [-0.4, -0.2) is 16.0 Å². The van der Waals surface area contributed by atoms with Crippen LogP contribution in [-0.2, 0) is 0 Å². The Kier molecular flexibility index (Phi) is 4.75. The first-order valence-electron chi connectivity index (χ1n) is 9.17. The molecular weight excluding hydrogens is 351 g/mol. The molecule has 0 amide bonds. The van der Waals surface area contributed by atoms with Crippen LogP contribution in [0.2, 0.25) is 0 Å². The van der Waals surface area contributed by atoms with Crippen LogP contribution in [0.15, 0.2) is 78.3 Å². The van der Waals surface area contributed by atoms with Crippen LogP contribution >= 0.6 is 0 Å². The second-order valence-corrected chi connectivity index (χ2v) is 6.82. The van der Waals surface area contributed by atoms with E-state index in [-0.39, 0.29) is 11.9 Å². The zero-order chi connectivity index (χ0) is 19.7. The molecule has 1 aliphatic rings. The van der Waals surface area contributed by atoms with E-state index >= 15 is 0 Å². The molecule has 1 aliphatic heterocycles. The highest BCUT2D eigenvalue weighted by Gasteiger charge is 2.27. The molecule has 140 valence electrons. The maximum Gasteiger partial charge on any atom is 0.123 e. The number of benzene rings is 1. The quantitative estimate of drug-likeness (QED) is 0.704. The van der Waals surface area contributed by atoms with Crippen molar-refractivity contribution in [2.24, 2.45) is 5.73 Å². The average molecular weight is 372 g/mol. The van der Waals surface area contributed by atoms with Gasteiger partial charge in [0, 0.05) is 46.5 Å². The molecule has 1 unspecified atom stereocenters. The van der Waals surface area contributed by atoms with Crippen molar-refractivity contribution >= 4 is 16.8 Å². The summed E-state index contributed by atoms with van der Waals surface area (Å²) in [5, 5.41) is 3.42. The minimum Gasteiger partial charge on any atom is -0.358 e. The summed E-state index contributed by atoms with van der Waals surface area (Å²) in [4.78, 5) is 9.15. The van der Waals surface area contributed by atoms with Crippen LogP contribution in [0.5, 0.6) is 0 Å². The molecule has 0 aliphatic carbocycles. The molecule has 3 heterocycles. The zero-order valence-corrected chi connectivity index (χ0v) is 15.8. The fourth-order valence-electron chi connectivity index (χ4n) is 3.68. The minimum atomic E-state index is -0.309. The molecule has 2 aromatic heterocycles. The normalized spacial score (nSPS) is 15.0. The van der Waals surface area contributed by atoms with E-state index in [2.05, 4.69) is 15.3 Å². The standard InChI is InChI=1S/C23H21FN4/c1-14(25)21-15(2)28-18-10-9-16(24)13-17(18)22(19-7-3-5-11-26-19)23(21)20-8-4-6-12-27-20/h3-14,28H,25H2,1-2H3. The van der Waals surface area contributed by atoms with E-state index < -0.39 is 0 Å². The lowest BCUT2D eigenvalue weighted by atomic mass is 9.87. The fraction of sp³-hybridized carbons (Fsp3) is 0.130. The lowest BCUT2D eigenvalue weighted by molar-refractivity contribution is 0.627. The first kappa shape index (κ1) is 18.1. The summed E-state index contributed by atoms with van der Waals surface area (Å²) in [6.45, 7) is 3.92. The van der Waals surface area contributed by atoms with E-state index in [1.807, 2.05) is 50.2 Å². The first-order chi connectivity index (χ1) is 13.6. The van der Waals surface area contributed by atoms with Gasteiger partial charge in [-0.1, -0.05) is 12.1 Å². The number of rotatable bonds is 3. The first-order valence-corrected chi connectivity index (χ1v) is 9.17. The highest BCUT2D eigenvalue weighted by atomic mass is 19.1. The van der Waals surface area contributed by atoms with Crippen LogP contribution in [0.25, 0.3) is 11.1 Å². The van der Waals surface area contributed by atoms with Crippen LogP contribution in [0.4, 0.5) is 10.1 Å².